The van der Waals surface area contributed by atoms with E-state index in [0.29, 0.717) is 6.08 Å². The molecule has 1 aliphatic carbocycles. The zero-order valence-electron chi connectivity index (χ0n) is 14.4. The molecule has 146 valence electrons. The van der Waals surface area contributed by atoms with Crippen molar-refractivity contribution < 1.29 is 31.1 Å². The Balaban J connectivity index is 3.24. The number of allylic oxidation sites excluding steroid dienone is 3. The predicted molar refractivity (Wildman–Crippen MR) is 81.4 cm³/mol. The molecule has 0 saturated heterocycles. The van der Waals surface area contributed by atoms with Gasteiger partial charge in [0.25, 0.3) is 0 Å². The van der Waals surface area contributed by atoms with Crippen molar-refractivity contribution in [2.75, 3.05) is 20.6 Å². The Hall–Kier alpha value is -2.18. The predicted octanol–water partition coefficient (Wildman–Crippen LogP) is 3.49. The van der Waals surface area contributed by atoms with Crippen LogP contribution in [0, 0.1) is 23.2 Å². The summed E-state index contributed by atoms with van der Waals surface area (Å²) in [4.78, 5) is 14.3. The first-order chi connectivity index (χ1) is 11.8. The van der Waals surface area contributed by atoms with Crippen LogP contribution in [-0.2, 0) is 4.79 Å². The molecule has 26 heavy (non-hydrogen) atoms. The van der Waals surface area contributed by atoms with E-state index in [-0.39, 0.29) is 5.70 Å². The van der Waals surface area contributed by atoms with Crippen LogP contribution in [-0.4, -0.2) is 54.7 Å². The van der Waals surface area contributed by atoms with Crippen LogP contribution in [0.2, 0.25) is 0 Å². The highest BCUT2D eigenvalue weighted by Crippen LogP contribution is 2.38. The normalized spacial score (nSPS) is 21.6. The second-order valence-corrected chi connectivity index (χ2v) is 6.14. The summed E-state index contributed by atoms with van der Waals surface area (Å²) in [7, 11) is 2.80. The highest BCUT2D eigenvalue weighted by molar-refractivity contribution is 5.81. The van der Waals surface area contributed by atoms with E-state index in [1.54, 1.807) is 0 Å². The minimum Gasteiger partial charge on any atom is -0.360 e. The van der Waals surface area contributed by atoms with E-state index < -0.39 is 49.1 Å². The van der Waals surface area contributed by atoms with Gasteiger partial charge in [-0.3, -0.25) is 4.79 Å². The molecular weight excluding hydrogens is 364 g/mol. The Labute approximate surface area is 147 Å². The summed E-state index contributed by atoms with van der Waals surface area (Å²) in [6.07, 6.45) is -7.68. The number of alkyl halides is 6. The number of halogens is 6. The van der Waals surface area contributed by atoms with Gasteiger partial charge in [0.15, 0.2) is 0 Å². The summed E-state index contributed by atoms with van der Waals surface area (Å²) in [5.41, 5.74) is -0.161. The van der Waals surface area contributed by atoms with Crippen molar-refractivity contribution in [1.29, 1.82) is 5.26 Å². The van der Waals surface area contributed by atoms with E-state index >= 15 is 0 Å². The minimum absolute atomic E-state index is 0.161. The van der Waals surface area contributed by atoms with E-state index in [1.165, 1.54) is 27.1 Å². The van der Waals surface area contributed by atoms with Gasteiger partial charge in [-0.1, -0.05) is 6.08 Å². The number of carbonyl (C=O) groups is 1. The highest BCUT2D eigenvalue weighted by atomic mass is 19.4. The number of hydrogen-bond donors (Lipinski definition) is 0. The highest BCUT2D eigenvalue weighted by Gasteiger charge is 2.45. The molecule has 0 saturated carbocycles. The average molecular weight is 383 g/mol. The van der Waals surface area contributed by atoms with Gasteiger partial charge in [-0.25, -0.2) is 0 Å². The fourth-order valence-electron chi connectivity index (χ4n) is 2.58. The van der Waals surface area contributed by atoms with Crippen molar-refractivity contribution in [3.63, 3.8) is 0 Å². The van der Waals surface area contributed by atoms with Crippen LogP contribution >= 0.6 is 0 Å². The molecule has 0 radical (unpaired) electrons. The first kappa shape index (κ1) is 21.9. The first-order valence-electron chi connectivity index (χ1n) is 7.69. The number of hydrogen-bond acceptors (Lipinski definition) is 3. The Morgan fingerprint density at radius 1 is 1.27 bits per heavy atom. The molecule has 3 unspecified atom stereocenters. The fourth-order valence-corrected chi connectivity index (χ4v) is 2.58. The van der Waals surface area contributed by atoms with E-state index in [4.69, 9.17) is 5.26 Å². The van der Waals surface area contributed by atoms with Crippen LogP contribution in [0.25, 0.3) is 0 Å². The molecule has 1 amide bonds. The molecule has 0 bridgehead atoms. The fraction of sp³-hybridized carbons (Fsp3) is 0.625. The smallest absolute Gasteiger partial charge is 0.360 e. The quantitative estimate of drug-likeness (QED) is 0.683. The zero-order chi connectivity index (χ0) is 20.3. The number of carbonyl (C=O) groups excluding carboxylic acids is 1. The third kappa shape index (κ3) is 5.68. The van der Waals surface area contributed by atoms with E-state index in [9.17, 15) is 31.1 Å². The van der Waals surface area contributed by atoms with Crippen molar-refractivity contribution in [1.82, 2.24) is 9.80 Å². The third-order valence-electron chi connectivity index (χ3n) is 3.97. The van der Waals surface area contributed by atoms with Crippen molar-refractivity contribution >= 4 is 5.91 Å². The number of amides is 1. The second kappa shape index (κ2) is 8.01. The second-order valence-electron chi connectivity index (χ2n) is 6.14. The Morgan fingerprint density at radius 3 is 2.27 bits per heavy atom. The lowest BCUT2D eigenvalue weighted by molar-refractivity contribution is -0.167. The molecular formula is C16H19F6N3O. The Kier molecular flexibility index (Phi) is 6.74. The third-order valence-corrected chi connectivity index (χ3v) is 3.97. The van der Waals surface area contributed by atoms with Gasteiger partial charge >= 0.3 is 12.4 Å². The molecule has 0 aromatic rings. The molecule has 0 aromatic heterocycles. The molecule has 0 aromatic carbocycles. The molecule has 4 nitrogen and oxygen atoms in total. The van der Waals surface area contributed by atoms with Gasteiger partial charge in [0, 0.05) is 26.3 Å². The summed E-state index contributed by atoms with van der Waals surface area (Å²) < 4.78 is 77.3. The average Bonchev–Trinajstić information content (AvgIpc) is 2.51. The first-order valence-corrected chi connectivity index (χ1v) is 7.69. The van der Waals surface area contributed by atoms with Crippen molar-refractivity contribution in [3.8, 4) is 6.07 Å². The van der Waals surface area contributed by atoms with E-state index in [2.05, 4.69) is 0 Å². The van der Waals surface area contributed by atoms with Crippen LogP contribution in [0.1, 0.15) is 13.3 Å². The molecule has 1 aliphatic rings. The summed E-state index contributed by atoms with van der Waals surface area (Å²) in [6.45, 7) is 0.647. The molecule has 1 rings (SSSR count). The SMILES string of the molecule is CC(C(=O)N(C)C)N(CCC(F)(F)F)C1=CC(C(F)(F)F)C(C#N)C=C1. The lowest BCUT2D eigenvalue weighted by atomic mass is 9.87. The van der Waals surface area contributed by atoms with Crippen LogP contribution < -0.4 is 0 Å². The maximum atomic E-state index is 13.2. The van der Waals surface area contributed by atoms with Gasteiger partial charge in [0.05, 0.1) is 24.3 Å². The molecule has 10 heteroatoms. The van der Waals surface area contributed by atoms with Crippen LogP contribution in [0.15, 0.2) is 23.9 Å². The number of likely N-dealkylation sites (N-methyl/N-ethyl adjacent to an activating group) is 1. The minimum atomic E-state index is -4.74. The van der Waals surface area contributed by atoms with Gasteiger partial charge < -0.3 is 9.80 Å². The largest absolute Gasteiger partial charge is 0.396 e. The molecule has 0 spiro atoms. The number of rotatable bonds is 5. The zero-order valence-corrected chi connectivity index (χ0v) is 14.4. The maximum absolute atomic E-state index is 13.2. The van der Waals surface area contributed by atoms with Gasteiger partial charge in [0.1, 0.15) is 6.04 Å². The number of nitriles is 1. The molecule has 3 atom stereocenters. The summed E-state index contributed by atoms with van der Waals surface area (Å²) in [5.74, 6) is -4.17. The van der Waals surface area contributed by atoms with Crippen molar-refractivity contribution in [2.45, 2.75) is 31.7 Å². The molecule has 0 N–H and O–H groups in total. The van der Waals surface area contributed by atoms with Crippen molar-refractivity contribution in [2.24, 2.45) is 11.8 Å². The van der Waals surface area contributed by atoms with Gasteiger partial charge in [0.2, 0.25) is 5.91 Å². The molecule has 0 aliphatic heterocycles. The number of nitrogens with zero attached hydrogens (tertiary/aromatic N) is 3. The van der Waals surface area contributed by atoms with E-state index in [0.717, 1.165) is 22.0 Å². The molecule has 0 fully saturated rings. The summed E-state index contributed by atoms with van der Waals surface area (Å²) in [6, 6.07) is 0.420. The summed E-state index contributed by atoms with van der Waals surface area (Å²) >= 11 is 0. The van der Waals surface area contributed by atoms with Gasteiger partial charge in [-0.15, -0.1) is 0 Å². The van der Waals surface area contributed by atoms with Crippen molar-refractivity contribution in [3.05, 3.63) is 23.9 Å². The topological polar surface area (TPSA) is 47.3 Å². The van der Waals surface area contributed by atoms with Crippen LogP contribution in [0.4, 0.5) is 26.3 Å². The Bertz CT molecular complexity index is 615. The van der Waals surface area contributed by atoms with Gasteiger partial charge in [-0.05, 0) is 19.1 Å². The summed E-state index contributed by atoms with van der Waals surface area (Å²) in [5, 5.41) is 8.88. The van der Waals surface area contributed by atoms with Crippen LogP contribution in [0.5, 0.6) is 0 Å². The maximum Gasteiger partial charge on any atom is 0.396 e. The standard InChI is InChI=1S/C16H19F6N3O/c1-10(14(26)24(2)3)25(7-6-15(17,18)19)12-5-4-11(9-23)13(8-12)16(20,21)22/h4-5,8,10-11,13H,6-7H2,1-3H3. The lowest BCUT2D eigenvalue weighted by Crippen LogP contribution is -2.46. The lowest BCUT2D eigenvalue weighted by Gasteiger charge is -2.35. The van der Waals surface area contributed by atoms with Crippen LogP contribution in [0.3, 0.4) is 0 Å². The van der Waals surface area contributed by atoms with Gasteiger partial charge in [-0.2, -0.15) is 31.6 Å². The van der Waals surface area contributed by atoms with E-state index in [1.807, 2.05) is 0 Å². The molecule has 0 heterocycles. The monoisotopic (exact) mass is 383 g/mol. The Morgan fingerprint density at radius 2 is 1.85 bits per heavy atom.